The Labute approximate surface area is 190 Å². The predicted molar refractivity (Wildman–Crippen MR) is 128 cm³/mol. The van der Waals surface area contributed by atoms with Crippen LogP contribution >= 0.6 is 0 Å². The first-order valence-corrected chi connectivity index (χ1v) is 11.9. The minimum atomic E-state index is -3.81. The minimum Gasteiger partial charge on any atom is -0.350 e. The van der Waals surface area contributed by atoms with E-state index in [1.165, 1.54) is 17.7 Å². The van der Waals surface area contributed by atoms with E-state index in [0.29, 0.717) is 17.8 Å². The van der Waals surface area contributed by atoms with Gasteiger partial charge in [0.25, 0.3) is 15.9 Å². The summed E-state index contributed by atoms with van der Waals surface area (Å²) in [6.45, 7) is 2.38. The maximum absolute atomic E-state index is 12.8. The monoisotopic (exact) mass is 451 g/mol. The zero-order valence-electron chi connectivity index (χ0n) is 18.6. The van der Waals surface area contributed by atoms with Crippen LogP contribution < -0.4 is 10.0 Å². The van der Waals surface area contributed by atoms with Gasteiger partial charge in [0.15, 0.2) is 0 Å². The van der Waals surface area contributed by atoms with Crippen molar-refractivity contribution in [2.45, 2.75) is 24.3 Å². The van der Waals surface area contributed by atoms with Gasteiger partial charge in [0, 0.05) is 23.8 Å². The molecule has 0 bridgehead atoms. The van der Waals surface area contributed by atoms with Gasteiger partial charge in [-0.3, -0.25) is 9.52 Å². The maximum Gasteiger partial charge on any atom is 0.261 e. The van der Waals surface area contributed by atoms with Crippen molar-refractivity contribution in [2.24, 2.45) is 0 Å². The van der Waals surface area contributed by atoms with E-state index in [9.17, 15) is 13.2 Å². The van der Waals surface area contributed by atoms with Gasteiger partial charge in [-0.05, 0) is 63.3 Å². The molecule has 7 heteroatoms. The molecule has 0 saturated heterocycles. The van der Waals surface area contributed by atoms with Crippen LogP contribution in [0.25, 0.3) is 0 Å². The van der Waals surface area contributed by atoms with Crippen molar-refractivity contribution >= 4 is 21.6 Å². The number of carbonyl (C=O) groups is 1. The predicted octanol–water partition coefficient (Wildman–Crippen LogP) is 3.70. The summed E-state index contributed by atoms with van der Waals surface area (Å²) in [5.74, 6) is -0.308. The molecular weight excluding hydrogens is 422 g/mol. The number of anilines is 1. The second-order valence-electron chi connectivity index (χ2n) is 8.02. The van der Waals surface area contributed by atoms with E-state index in [0.717, 1.165) is 12.0 Å². The standard InChI is InChI=1S/C25H29N3O3S/c1-19-12-14-22(15-13-19)27-32(30,31)24-11-7-10-21(17-24)25(29)26-18-23(28(2)3)16-20-8-5-4-6-9-20/h4-15,17,23,27H,16,18H2,1-3H3,(H,26,29)/t23-/m0/s1. The fraction of sp³-hybridized carbons (Fsp3) is 0.240. The summed E-state index contributed by atoms with van der Waals surface area (Å²) in [6, 6.07) is 23.3. The molecule has 3 aromatic rings. The zero-order valence-corrected chi connectivity index (χ0v) is 19.4. The molecular formula is C25H29N3O3S. The summed E-state index contributed by atoms with van der Waals surface area (Å²) in [7, 11) is 0.146. The molecule has 0 radical (unpaired) electrons. The van der Waals surface area contributed by atoms with E-state index in [2.05, 4.69) is 27.1 Å². The summed E-state index contributed by atoms with van der Waals surface area (Å²) >= 11 is 0. The molecule has 0 aliphatic carbocycles. The Kier molecular flexibility index (Phi) is 7.66. The van der Waals surface area contributed by atoms with Crippen molar-refractivity contribution < 1.29 is 13.2 Å². The highest BCUT2D eigenvalue weighted by Crippen LogP contribution is 2.18. The van der Waals surface area contributed by atoms with Crippen molar-refractivity contribution in [1.82, 2.24) is 10.2 Å². The van der Waals surface area contributed by atoms with Crippen molar-refractivity contribution in [3.8, 4) is 0 Å². The number of aryl methyl sites for hydroxylation is 1. The van der Waals surface area contributed by atoms with Crippen molar-refractivity contribution in [1.29, 1.82) is 0 Å². The van der Waals surface area contributed by atoms with Crippen LogP contribution in [0.3, 0.4) is 0 Å². The third kappa shape index (κ3) is 6.42. The van der Waals surface area contributed by atoms with Crippen LogP contribution in [-0.4, -0.2) is 45.9 Å². The first-order valence-electron chi connectivity index (χ1n) is 10.4. The Hall–Kier alpha value is -3.16. The second kappa shape index (κ2) is 10.4. The average molecular weight is 452 g/mol. The number of hydrogen-bond donors (Lipinski definition) is 2. The molecule has 0 spiro atoms. The number of benzene rings is 3. The van der Waals surface area contributed by atoms with Gasteiger partial charge >= 0.3 is 0 Å². The number of rotatable bonds is 9. The van der Waals surface area contributed by atoms with Crippen molar-refractivity contribution in [3.63, 3.8) is 0 Å². The molecule has 0 aliphatic heterocycles. The molecule has 0 aliphatic rings. The van der Waals surface area contributed by atoms with Crippen LogP contribution in [0, 0.1) is 6.92 Å². The lowest BCUT2D eigenvalue weighted by molar-refractivity contribution is 0.0941. The number of nitrogens with one attached hydrogen (secondary N) is 2. The molecule has 32 heavy (non-hydrogen) atoms. The van der Waals surface area contributed by atoms with E-state index >= 15 is 0 Å². The molecule has 2 N–H and O–H groups in total. The molecule has 0 unspecified atom stereocenters. The van der Waals surface area contributed by atoms with Gasteiger partial charge in [0.1, 0.15) is 0 Å². The van der Waals surface area contributed by atoms with Crippen LogP contribution in [-0.2, 0) is 16.4 Å². The summed E-state index contributed by atoms with van der Waals surface area (Å²) in [6.07, 6.45) is 0.795. The normalized spacial score (nSPS) is 12.4. The van der Waals surface area contributed by atoms with E-state index in [1.807, 2.05) is 51.4 Å². The van der Waals surface area contributed by atoms with Crippen LogP contribution in [0.1, 0.15) is 21.5 Å². The fourth-order valence-electron chi connectivity index (χ4n) is 3.28. The molecule has 1 atom stereocenters. The Morgan fingerprint density at radius 1 is 0.938 bits per heavy atom. The van der Waals surface area contributed by atoms with Gasteiger partial charge in [-0.1, -0.05) is 54.1 Å². The molecule has 1 amide bonds. The van der Waals surface area contributed by atoms with Gasteiger partial charge < -0.3 is 10.2 Å². The molecule has 0 heterocycles. The van der Waals surface area contributed by atoms with Gasteiger partial charge in [-0.15, -0.1) is 0 Å². The largest absolute Gasteiger partial charge is 0.350 e. The molecule has 3 rings (SSSR count). The Balaban J connectivity index is 1.68. The van der Waals surface area contributed by atoms with Crippen LogP contribution in [0.2, 0.25) is 0 Å². The maximum atomic E-state index is 12.8. The van der Waals surface area contributed by atoms with Gasteiger partial charge in [-0.2, -0.15) is 0 Å². The number of amides is 1. The van der Waals surface area contributed by atoms with Gasteiger partial charge in [0.2, 0.25) is 0 Å². The highest BCUT2D eigenvalue weighted by Gasteiger charge is 2.18. The van der Waals surface area contributed by atoms with Crippen LogP contribution in [0.4, 0.5) is 5.69 Å². The number of nitrogens with zero attached hydrogens (tertiary/aromatic N) is 1. The lowest BCUT2D eigenvalue weighted by Crippen LogP contribution is -2.41. The third-order valence-corrected chi connectivity index (χ3v) is 6.63. The zero-order chi connectivity index (χ0) is 23.1. The average Bonchev–Trinajstić information content (AvgIpc) is 2.78. The first-order chi connectivity index (χ1) is 15.2. The lowest BCUT2D eigenvalue weighted by atomic mass is 10.1. The summed E-state index contributed by atoms with van der Waals surface area (Å²) in [5.41, 5.74) is 3.00. The van der Waals surface area contributed by atoms with E-state index in [-0.39, 0.29) is 16.8 Å². The molecule has 0 saturated carbocycles. The Morgan fingerprint density at radius 2 is 1.62 bits per heavy atom. The van der Waals surface area contributed by atoms with Crippen LogP contribution in [0.15, 0.2) is 83.8 Å². The van der Waals surface area contributed by atoms with Crippen molar-refractivity contribution in [3.05, 3.63) is 95.6 Å². The molecule has 0 fully saturated rings. The lowest BCUT2D eigenvalue weighted by Gasteiger charge is -2.25. The number of hydrogen-bond acceptors (Lipinski definition) is 4. The molecule has 6 nitrogen and oxygen atoms in total. The Bertz CT molecular complexity index is 1140. The molecule has 0 aromatic heterocycles. The summed E-state index contributed by atoms with van der Waals surface area (Å²) in [4.78, 5) is 14.9. The third-order valence-electron chi connectivity index (χ3n) is 5.25. The minimum absolute atomic E-state index is 0.0409. The van der Waals surface area contributed by atoms with Crippen molar-refractivity contribution in [2.75, 3.05) is 25.4 Å². The van der Waals surface area contributed by atoms with Gasteiger partial charge in [0.05, 0.1) is 4.90 Å². The highest BCUT2D eigenvalue weighted by molar-refractivity contribution is 7.92. The fourth-order valence-corrected chi connectivity index (χ4v) is 4.38. The van der Waals surface area contributed by atoms with Gasteiger partial charge in [-0.25, -0.2) is 8.42 Å². The topological polar surface area (TPSA) is 78.5 Å². The number of carbonyl (C=O) groups excluding carboxylic acids is 1. The Morgan fingerprint density at radius 3 is 2.28 bits per heavy atom. The quantitative estimate of drug-likeness (QED) is 0.520. The summed E-state index contributed by atoms with van der Waals surface area (Å²) < 4.78 is 28.1. The summed E-state index contributed by atoms with van der Waals surface area (Å²) in [5, 5.41) is 2.94. The number of likely N-dealkylation sites (N-methyl/N-ethyl adjacent to an activating group) is 1. The molecule has 3 aromatic carbocycles. The number of sulfonamides is 1. The smallest absolute Gasteiger partial charge is 0.261 e. The molecule has 168 valence electrons. The van der Waals surface area contributed by atoms with Crippen LogP contribution in [0.5, 0.6) is 0 Å². The van der Waals surface area contributed by atoms with E-state index < -0.39 is 10.0 Å². The SMILES string of the molecule is Cc1ccc(NS(=O)(=O)c2cccc(C(=O)NC[C@H](Cc3ccccc3)N(C)C)c2)cc1. The highest BCUT2D eigenvalue weighted by atomic mass is 32.2. The second-order valence-corrected chi connectivity index (χ2v) is 9.70. The van der Waals surface area contributed by atoms with E-state index in [1.54, 1.807) is 24.3 Å². The van der Waals surface area contributed by atoms with E-state index in [4.69, 9.17) is 0 Å². The first kappa shape index (κ1) is 23.5.